The number of aryl methyl sites for hydroxylation is 2. The zero-order valence-electron chi connectivity index (χ0n) is 20.7. The Morgan fingerprint density at radius 1 is 1.14 bits per heavy atom. The number of nitrogens with zero attached hydrogens (tertiary/aromatic N) is 5. The van der Waals surface area contributed by atoms with Crippen LogP contribution in [-0.2, 0) is 17.8 Å². The lowest BCUT2D eigenvalue weighted by Crippen LogP contribution is -2.39. The van der Waals surface area contributed by atoms with Gasteiger partial charge in [-0.25, -0.2) is 9.97 Å². The molecule has 3 N–H and O–H groups in total. The number of carbonyl (C=O) groups is 1. The third-order valence-corrected chi connectivity index (χ3v) is 7.38. The maximum atomic E-state index is 13.8. The summed E-state index contributed by atoms with van der Waals surface area (Å²) in [6.45, 7) is 2.17. The summed E-state index contributed by atoms with van der Waals surface area (Å²) in [5, 5.41) is 2.98. The van der Waals surface area contributed by atoms with Gasteiger partial charge in [-0.2, -0.15) is 0 Å². The predicted molar refractivity (Wildman–Crippen MR) is 141 cm³/mol. The highest BCUT2D eigenvalue weighted by Crippen LogP contribution is 2.45. The van der Waals surface area contributed by atoms with Gasteiger partial charge in [-0.15, -0.1) is 0 Å². The number of rotatable bonds is 5. The fourth-order valence-corrected chi connectivity index (χ4v) is 5.52. The molecule has 6 rings (SSSR count). The van der Waals surface area contributed by atoms with Gasteiger partial charge in [0.05, 0.1) is 11.7 Å². The third-order valence-electron chi connectivity index (χ3n) is 7.38. The van der Waals surface area contributed by atoms with Gasteiger partial charge in [0.15, 0.2) is 5.82 Å². The van der Waals surface area contributed by atoms with Crippen LogP contribution >= 0.6 is 0 Å². The summed E-state index contributed by atoms with van der Waals surface area (Å²) in [7, 11) is 1.86. The molecule has 2 aliphatic rings. The molecule has 2 atom stereocenters. The highest BCUT2D eigenvalue weighted by molar-refractivity contribution is 5.81. The second-order valence-electron chi connectivity index (χ2n) is 9.54. The van der Waals surface area contributed by atoms with Crippen LogP contribution in [0.5, 0.6) is 0 Å². The molecule has 1 amide bonds. The SMILES string of the molecule is Cc1nc(N)ccc1CNC(=O)[C@@H]1CCc2cnc(N(C)C3c4ccccc4-c4cccnc43)c(=O)n21. The van der Waals surface area contributed by atoms with Gasteiger partial charge in [0.25, 0.3) is 5.56 Å². The minimum Gasteiger partial charge on any atom is -0.384 e. The predicted octanol–water partition coefficient (Wildman–Crippen LogP) is 2.93. The van der Waals surface area contributed by atoms with Crippen molar-refractivity contribution in [3.05, 3.63) is 99.5 Å². The lowest BCUT2D eigenvalue weighted by molar-refractivity contribution is -0.124. The topological polar surface area (TPSA) is 119 Å². The smallest absolute Gasteiger partial charge is 0.294 e. The Hall–Kier alpha value is -4.53. The molecule has 1 aliphatic carbocycles. The van der Waals surface area contributed by atoms with Crippen LogP contribution in [0.15, 0.2) is 65.7 Å². The molecule has 0 radical (unpaired) electrons. The Morgan fingerprint density at radius 2 is 1.95 bits per heavy atom. The Balaban J connectivity index is 1.31. The molecule has 4 aromatic rings. The van der Waals surface area contributed by atoms with Crippen LogP contribution in [0.25, 0.3) is 11.1 Å². The van der Waals surface area contributed by atoms with Gasteiger partial charge in [-0.1, -0.05) is 36.4 Å². The molecule has 186 valence electrons. The monoisotopic (exact) mass is 493 g/mol. The molecular weight excluding hydrogens is 466 g/mol. The number of nitrogens with two attached hydrogens (primary N) is 1. The van der Waals surface area contributed by atoms with Gasteiger partial charge in [0, 0.05) is 42.9 Å². The minimum atomic E-state index is -0.596. The van der Waals surface area contributed by atoms with E-state index in [-0.39, 0.29) is 17.5 Å². The van der Waals surface area contributed by atoms with Gasteiger partial charge < -0.3 is 16.0 Å². The molecule has 37 heavy (non-hydrogen) atoms. The second kappa shape index (κ2) is 8.85. The summed E-state index contributed by atoms with van der Waals surface area (Å²) in [5.74, 6) is 0.533. The number of nitrogens with one attached hydrogen (secondary N) is 1. The zero-order valence-corrected chi connectivity index (χ0v) is 20.7. The molecule has 9 nitrogen and oxygen atoms in total. The summed E-state index contributed by atoms with van der Waals surface area (Å²) in [6, 6.07) is 14.8. The number of benzene rings is 1. The van der Waals surface area contributed by atoms with Crippen LogP contribution in [0.3, 0.4) is 0 Å². The Kier molecular flexibility index (Phi) is 5.48. The number of anilines is 2. The van der Waals surface area contributed by atoms with Crippen LogP contribution < -0.4 is 21.5 Å². The average molecular weight is 494 g/mol. The quantitative estimate of drug-likeness (QED) is 0.439. The second-order valence-corrected chi connectivity index (χ2v) is 9.54. The molecule has 0 spiro atoms. The van der Waals surface area contributed by atoms with E-state index in [2.05, 4.69) is 38.5 Å². The van der Waals surface area contributed by atoms with E-state index >= 15 is 0 Å². The van der Waals surface area contributed by atoms with E-state index in [9.17, 15) is 9.59 Å². The van der Waals surface area contributed by atoms with E-state index in [0.717, 1.165) is 39.3 Å². The van der Waals surface area contributed by atoms with Crippen molar-refractivity contribution in [1.29, 1.82) is 0 Å². The Labute approximate surface area is 214 Å². The molecule has 9 heteroatoms. The lowest BCUT2D eigenvalue weighted by atomic mass is 10.1. The summed E-state index contributed by atoms with van der Waals surface area (Å²) in [4.78, 5) is 42.4. The fraction of sp³-hybridized carbons (Fsp3) is 0.250. The normalized spacial score (nSPS) is 17.1. The average Bonchev–Trinajstić information content (AvgIpc) is 3.48. The molecule has 0 saturated heterocycles. The van der Waals surface area contributed by atoms with E-state index in [1.54, 1.807) is 23.0 Å². The summed E-state index contributed by atoms with van der Waals surface area (Å²) in [6.07, 6.45) is 4.65. The van der Waals surface area contributed by atoms with Gasteiger partial charge in [-0.3, -0.25) is 19.1 Å². The van der Waals surface area contributed by atoms with Gasteiger partial charge in [0.2, 0.25) is 5.91 Å². The number of pyridine rings is 2. The van der Waals surface area contributed by atoms with Crippen molar-refractivity contribution in [2.24, 2.45) is 0 Å². The molecule has 4 heterocycles. The summed E-state index contributed by atoms with van der Waals surface area (Å²) < 4.78 is 1.60. The molecule has 1 unspecified atom stereocenters. The largest absolute Gasteiger partial charge is 0.384 e. The lowest BCUT2D eigenvalue weighted by Gasteiger charge is -2.27. The maximum absolute atomic E-state index is 13.8. The minimum absolute atomic E-state index is 0.199. The first-order valence-corrected chi connectivity index (χ1v) is 12.3. The first-order valence-electron chi connectivity index (χ1n) is 12.3. The number of hydrogen-bond acceptors (Lipinski definition) is 7. The molecular formula is C28H27N7O2. The highest BCUT2D eigenvalue weighted by Gasteiger charge is 2.36. The van der Waals surface area contributed by atoms with Crippen LogP contribution in [0, 0.1) is 6.92 Å². The first-order chi connectivity index (χ1) is 17.9. The van der Waals surface area contributed by atoms with Gasteiger partial charge in [-0.05, 0) is 48.6 Å². The maximum Gasteiger partial charge on any atom is 0.294 e. The first kappa shape index (κ1) is 22.9. The zero-order chi connectivity index (χ0) is 25.7. The van der Waals surface area contributed by atoms with E-state index in [1.807, 2.05) is 43.1 Å². The molecule has 0 fully saturated rings. The van der Waals surface area contributed by atoms with Gasteiger partial charge >= 0.3 is 0 Å². The summed E-state index contributed by atoms with van der Waals surface area (Å²) >= 11 is 0. The molecule has 1 aliphatic heterocycles. The molecule has 0 saturated carbocycles. The summed E-state index contributed by atoms with van der Waals surface area (Å²) in [5.41, 5.74) is 12.0. The van der Waals surface area contributed by atoms with Crippen molar-refractivity contribution >= 4 is 17.5 Å². The molecule has 3 aromatic heterocycles. The van der Waals surface area contributed by atoms with Crippen molar-refractivity contribution in [1.82, 2.24) is 24.8 Å². The Bertz CT molecular complexity index is 1550. The van der Waals surface area contributed by atoms with Crippen molar-refractivity contribution in [3.8, 4) is 11.1 Å². The van der Waals surface area contributed by atoms with Crippen molar-refractivity contribution in [2.75, 3.05) is 17.7 Å². The van der Waals surface area contributed by atoms with Gasteiger partial charge in [0.1, 0.15) is 11.9 Å². The van der Waals surface area contributed by atoms with Crippen LogP contribution in [0.1, 0.15) is 46.7 Å². The van der Waals surface area contributed by atoms with E-state index in [1.165, 1.54) is 0 Å². The van der Waals surface area contributed by atoms with Crippen molar-refractivity contribution < 1.29 is 4.79 Å². The number of hydrogen-bond donors (Lipinski definition) is 2. The number of fused-ring (bicyclic) bond motifs is 4. The molecule has 1 aromatic carbocycles. The number of nitrogen functional groups attached to an aromatic ring is 1. The number of amides is 1. The van der Waals surface area contributed by atoms with E-state index in [4.69, 9.17) is 5.73 Å². The highest BCUT2D eigenvalue weighted by atomic mass is 16.2. The fourth-order valence-electron chi connectivity index (χ4n) is 5.52. The number of carbonyl (C=O) groups excluding carboxylic acids is 1. The van der Waals surface area contributed by atoms with E-state index in [0.29, 0.717) is 31.0 Å². The van der Waals surface area contributed by atoms with Crippen LogP contribution in [-0.4, -0.2) is 32.5 Å². The van der Waals surface area contributed by atoms with Crippen molar-refractivity contribution in [3.63, 3.8) is 0 Å². The van der Waals surface area contributed by atoms with Crippen LogP contribution in [0.4, 0.5) is 11.6 Å². The molecule has 0 bridgehead atoms. The third kappa shape index (κ3) is 3.74. The van der Waals surface area contributed by atoms with E-state index < -0.39 is 6.04 Å². The van der Waals surface area contributed by atoms with Crippen LogP contribution in [0.2, 0.25) is 0 Å². The van der Waals surface area contributed by atoms with Crippen molar-refractivity contribution in [2.45, 2.75) is 38.4 Å². The Morgan fingerprint density at radius 3 is 2.78 bits per heavy atom. The number of aromatic nitrogens is 4. The standard InChI is InChI=1S/C28H27N7O2/c1-16-17(9-12-23(29)33-16)14-32-27(36)22-11-10-18-15-31-26(28(37)35(18)22)34(2)25-21-7-4-3-6-19(21)20-8-5-13-30-24(20)25/h3-9,12-13,15,22,25H,10-11,14H2,1-2H3,(H2,29,33)(H,32,36)/t22-,25?/m0/s1.